The fourth-order valence-electron chi connectivity index (χ4n) is 2.32. The normalized spacial score (nSPS) is 11.6. The smallest absolute Gasteiger partial charge is 0.255 e. The second kappa shape index (κ2) is 8.60. The van der Waals surface area contributed by atoms with Crippen LogP contribution in [0.2, 0.25) is 5.02 Å². The van der Waals surface area contributed by atoms with Crippen LogP contribution in [0.4, 0.5) is 0 Å². The Morgan fingerprint density at radius 3 is 2.32 bits per heavy atom. The number of halogens is 1. The first-order chi connectivity index (χ1) is 12.0. The largest absolute Gasteiger partial charge is 0.496 e. The number of carbonyl (C=O) groups is 1. The summed E-state index contributed by atoms with van der Waals surface area (Å²) >= 11 is 5.93. The van der Waals surface area contributed by atoms with E-state index in [-0.39, 0.29) is 12.5 Å². The molecule has 0 spiro atoms. The number of benzene rings is 2. The molecular formula is C18H20ClNO5. The molecule has 2 N–H and O–H groups in total. The minimum atomic E-state index is -0.908. The first-order valence-electron chi connectivity index (χ1n) is 7.51. The number of methoxy groups -OCH3 is 3. The van der Waals surface area contributed by atoms with Crippen molar-refractivity contribution in [3.05, 3.63) is 52.5 Å². The van der Waals surface area contributed by atoms with E-state index < -0.39 is 6.10 Å². The molecule has 0 saturated heterocycles. The van der Waals surface area contributed by atoms with Crippen LogP contribution < -0.4 is 19.5 Å². The topological polar surface area (TPSA) is 77.0 Å². The average Bonchev–Trinajstić information content (AvgIpc) is 2.65. The van der Waals surface area contributed by atoms with Gasteiger partial charge >= 0.3 is 0 Å². The predicted octanol–water partition coefficient (Wildman–Crippen LogP) is 2.83. The van der Waals surface area contributed by atoms with Crippen LogP contribution in [0.5, 0.6) is 17.2 Å². The molecule has 0 bridgehead atoms. The van der Waals surface area contributed by atoms with Gasteiger partial charge in [-0.25, -0.2) is 0 Å². The molecule has 0 aliphatic rings. The maximum absolute atomic E-state index is 12.3. The number of nitrogens with one attached hydrogen (secondary N) is 1. The Balaban J connectivity index is 2.08. The van der Waals surface area contributed by atoms with Gasteiger partial charge in [0.25, 0.3) is 5.91 Å². The number of ether oxygens (including phenoxy) is 3. The van der Waals surface area contributed by atoms with Crippen LogP contribution in [-0.4, -0.2) is 38.9 Å². The Hall–Kier alpha value is -2.44. The number of hydrogen-bond donors (Lipinski definition) is 2. The molecule has 6 nitrogen and oxygen atoms in total. The average molecular weight is 366 g/mol. The fraction of sp³-hybridized carbons (Fsp3) is 0.278. The van der Waals surface area contributed by atoms with E-state index in [1.165, 1.54) is 27.4 Å². The quantitative estimate of drug-likeness (QED) is 0.789. The van der Waals surface area contributed by atoms with E-state index >= 15 is 0 Å². The van der Waals surface area contributed by atoms with Crippen molar-refractivity contribution in [2.24, 2.45) is 0 Å². The fourth-order valence-corrected chi connectivity index (χ4v) is 2.49. The number of aliphatic hydroxyl groups excluding tert-OH is 1. The summed E-state index contributed by atoms with van der Waals surface area (Å²) in [7, 11) is 4.52. The van der Waals surface area contributed by atoms with Crippen LogP contribution in [0.1, 0.15) is 22.0 Å². The molecule has 1 atom stereocenters. The van der Waals surface area contributed by atoms with Crippen LogP contribution in [0.25, 0.3) is 0 Å². The maximum Gasteiger partial charge on any atom is 0.255 e. The molecule has 2 aromatic rings. The Labute approximate surface area is 151 Å². The number of rotatable bonds is 7. The minimum absolute atomic E-state index is 0.0178. The van der Waals surface area contributed by atoms with E-state index in [4.69, 9.17) is 25.8 Å². The maximum atomic E-state index is 12.3. The summed E-state index contributed by atoms with van der Waals surface area (Å²) in [6.07, 6.45) is -0.908. The van der Waals surface area contributed by atoms with Gasteiger partial charge in [0.1, 0.15) is 5.75 Å². The highest BCUT2D eigenvalue weighted by molar-refractivity contribution is 6.31. The van der Waals surface area contributed by atoms with Crippen LogP contribution in [0.3, 0.4) is 0 Å². The molecular weight excluding hydrogens is 346 g/mol. The van der Waals surface area contributed by atoms with Crippen molar-refractivity contribution in [2.75, 3.05) is 27.9 Å². The monoisotopic (exact) mass is 365 g/mol. The minimum Gasteiger partial charge on any atom is -0.496 e. The predicted molar refractivity (Wildman–Crippen MR) is 94.8 cm³/mol. The van der Waals surface area contributed by atoms with Gasteiger partial charge in [0.2, 0.25) is 0 Å². The summed E-state index contributed by atoms with van der Waals surface area (Å²) in [6, 6.07) is 9.82. The third-order valence-electron chi connectivity index (χ3n) is 3.65. The van der Waals surface area contributed by atoms with Gasteiger partial charge in [-0.3, -0.25) is 4.79 Å². The van der Waals surface area contributed by atoms with Gasteiger partial charge in [-0.15, -0.1) is 0 Å². The lowest BCUT2D eigenvalue weighted by atomic mass is 10.1. The SMILES string of the molecule is COc1ccc([C@@H](O)CNC(=O)c2cc(Cl)ccc2OC)cc1OC. The van der Waals surface area contributed by atoms with Crippen molar-refractivity contribution in [3.8, 4) is 17.2 Å². The van der Waals surface area contributed by atoms with Crippen LogP contribution in [0, 0.1) is 0 Å². The molecule has 0 heterocycles. The van der Waals surface area contributed by atoms with Gasteiger partial charge in [0.05, 0.1) is 33.0 Å². The highest BCUT2D eigenvalue weighted by Gasteiger charge is 2.16. The molecule has 7 heteroatoms. The van der Waals surface area contributed by atoms with E-state index in [1.54, 1.807) is 30.3 Å². The highest BCUT2D eigenvalue weighted by atomic mass is 35.5. The Morgan fingerprint density at radius 2 is 1.68 bits per heavy atom. The first-order valence-corrected chi connectivity index (χ1v) is 7.89. The van der Waals surface area contributed by atoms with E-state index in [9.17, 15) is 9.90 Å². The summed E-state index contributed by atoms with van der Waals surface area (Å²) < 4.78 is 15.5. The second-order valence-corrected chi connectivity index (χ2v) is 5.62. The molecule has 134 valence electrons. The van der Waals surface area contributed by atoms with Crippen molar-refractivity contribution in [1.29, 1.82) is 0 Å². The lowest BCUT2D eigenvalue weighted by molar-refractivity contribution is 0.0913. The van der Waals surface area contributed by atoms with Crippen LogP contribution in [-0.2, 0) is 0 Å². The zero-order valence-electron chi connectivity index (χ0n) is 14.2. The van der Waals surface area contributed by atoms with Crippen molar-refractivity contribution in [2.45, 2.75) is 6.10 Å². The number of carbonyl (C=O) groups excluding carboxylic acids is 1. The Bertz CT molecular complexity index is 750. The van der Waals surface area contributed by atoms with Crippen molar-refractivity contribution >= 4 is 17.5 Å². The van der Waals surface area contributed by atoms with Gasteiger partial charge in [-0.1, -0.05) is 17.7 Å². The van der Waals surface area contributed by atoms with E-state index in [2.05, 4.69) is 5.32 Å². The number of aliphatic hydroxyl groups is 1. The molecule has 0 aromatic heterocycles. The molecule has 0 radical (unpaired) electrons. The second-order valence-electron chi connectivity index (χ2n) is 5.18. The third-order valence-corrected chi connectivity index (χ3v) is 3.89. The van der Waals surface area contributed by atoms with E-state index in [0.717, 1.165) is 0 Å². The summed E-state index contributed by atoms with van der Waals surface area (Å²) in [5, 5.41) is 13.4. The van der Waals surface area contributed by atoms with Gasteiger partial charge in [0, 0.05) is 11.6 Å². The van der Waals surface area contributed by atoms with Gasteiger partial charge in [-0.2, -0.15) is 0 Å². The third kappa shape index (κ3) is 4.55. The summed E-state index contributed by atoms with van der Waals surface area (Å²) in [5.74, 6) is 1.08. The summed E-state index contributed by atoms with van der Waals surface area (Å²) in [6.45, 7) is 0.0178. The van der Waals surface area contributed by atoms with Gasteiger partial charge in [-0.05, 0) is 35.9 Å². The van der Waals surface area contributed by atoms with Crippen molar-refractivity contribution in [1.82, 2.24) is 5.32 Å². The van der Waals surface area contributed by atoms with Crippen LogP contribution >= 0.6 is 11.6 Å². The molecule has 0 aliphatic heterocycles. The summed E-state index contributed by atoms with van der Waals surface area (Å²) in [5.41, 5.74) is 0.894. The Kier molecular flexibility index (Phi) is 6.50. The lowest BCUT2D eigenvalue weighted by Crippen LogP contribution is -2.28. The molecule has 0 fully saturated rings. The molecule has 2 rings (SSSR count). The molecule has 0 saturated carbocycles. The van der Waals surface area contributed by atoms with Gasteiger partial charge in [0.15, 0.2) is 11.5 Å². The van der Waals surface area contributed by atoms with Crippen LogP contribution in [0.15, 0.2) is 36.4 Å². The standard InChI is InChI=1S/C18H20ClNO5/c1-23-15-7-5-12(19)9-13(15)18(22)20-10-14(21)11-4-6-16(24-2)17(8-11)25-3/h4-9,14,21H,10H2,1-3H3,(H,20,22)/t14-/m0/s1. The zero-order chi connectivity index (χ0) is 18.4. The van der Waals surface area contributed by atoms with Gasteiger partial charge < -0.3 is 24.6 Å². The zero-order valence-corrected chi connectivity index (χ0v) is 15.0. The molecule has 0 unspecified atom stereocenters. The number of amides is 1. The molecule has 2 aromatic carbocycles. The highest BCUT2D eigenvalue weighted by Crippen LogP contribution is 2.30. The van der Waals surface area contributed by atoms with Crippen molar-refractivity contribution in [3.63, 3.8) is 0 Å². The first kappa shape index (κ1) is 18.9. The lowest BCUT2D eigenvalue weighted by Gasteiger charge is -2.15. The number of hydrogen-bond acceptors (Lipinski definition) is 5. The molecule has 1 amide bonds. The molecule has 0 aliphatic carbocycles. The van der Waals surface area contributed by atoms with E-state index in [1.807, 2.05) is 0 Å². The summed E-state index contributed by atoms with van der Waals surface area (Å²) in [4.78, 5) is 12.3. The van der Waals surface area contributed by atoms with Crippen molar-refractivity contribution < 1.29 is 24.1 Å². The van der Waals surface area contributed by atoms with E-state index in [0.29, 0.717) is 33.4 Å². The Morgan fingerprint density at radius 1 is 1.04 bits per heavy atom. The molecule has 25 heavy (non-hydrogen) atoms.